The van der Waals surface area contributed by atoms with Crippen LogP contribution in [0.15, 0.2) is 23.1 Å². The van der Waals surface area contributed by atoms with E-state index in [0.717, 1.165) is 30.7 Å². The lowest BCUT2D eigenvalue weighted by Crippen LogP contribution is -2.30. The standard InChI is InChI=1S/C15H13F3N2OS/c16-15(17,18)12-7-11(4-1-9(12)8-19)22-13-5-6-20(14(13)21)10-2-3-10/h1,4,7,10,13H,2-3,5-6H2/t13-/m0/s1. The van der Waals surface area contributed by atoms with Crippen molar-refractivity contribution in [3.8, 4) is 6.07 Å². The van der Waals surface area contributed by atoms with Gasteiger partial charge in [-0.3, -0.25) is 4.79 Å². The first-order chi connectivity index (χ1) is 10.4. The van der Waals surface area contributed by atoms with Crippen LogP contribution in [0.3, 0.4) is 0 Å². The Kier molecular flexibility index (Phi) is 3.81. The molecule has 0 unspecified atom stereocenters. The summed E-state index contributed by atoms with van der Waals surface area (Å²) in [6.45, 7) is 0.684. The van der Waals surface area contributed by atoms with E-state index < -0.39 is 17.3 Å². The molecule has 1 atom stereocenters. The summed E-state index contributed by atoms with van der Waals surface area (Å²) in [6.07, 6.45) is -1.86. The van der Waals surface area contributed by atoms with Gasteiger partial charge in [-0.1, -0.05) is 0 Å². The fourth-order valence-corrected chi connectivity index (χ4v) is 3.75. The molecular formula is C15H13F3N2OS. The van der Waals surface area contributed by atoms with Gasteiger partial charge in [-0.25, -0.2) is 0 Å². The highest BCUT2D eigenvalue weighted by molar-refractivity contribution is 8.00. The number of nitriles is 1. The Morgan fingerprint density at radius 2 is 2.00 bits per heavy atom. The molecule has 116 valence electrons. The van der Waals surface area contributed by atoms with Crippen molar-refractivity contribution in [1.29, 1.82) is 5.26 Å². The molecule has 1 aromatic rings. The van der Waals surface area contributed by atoms with Crippen LogP contribution in [-0.4, -0.2) is 28.6 Å². The molecule has 0 bridgehead atoms. The average molecular weight is 326 g/mol. The van der Waals surface area contributed by atoms with Gasteiger partial charge in [0.2, 0.25) is 5.91 Å². The molecule has 1 heterocycles. The molecule has 0 N–H and O–H groups in total. The minimum atomic E-state index is -4.57. The Hall–Kier alpha value is -1.68. The molecule has 22 heavy (non-hydrogen) atoms. The van der Waals surface area contributed by atoms with E-state index in [0.29, 0.717) is 23.9 Å². The highest BCUT2D eigenvalue weighted by Gasteiger charge is 2.41. The van der Waals surface area contributed by atoms with E-state index in [1.54, 1.807) is 6.07 Å². The average Bonchev–Trinajstić information content (AvgIpc) is 3.24. The second-order valence-electron chi connectivity index (χ2n) is 5.47. The second kappa shape index (κ2) is 5.51. The first kappa shape index (κ1) is 15.2. The molecule has 0 spiro atoms. The van der Waals surface area contributed by atoms with Crippen LogP contribution in [0.4, 0.5) is 13.2 Å². The minimum absolute atomic E-state index is 0.0189. The van der Waals surface area contributed by atoms with E-state index >= 15 is 0 Å². The number of halogens is 3. The van der Waals surface area contributed by atoms with Crippen LogP contribution in [0.2, 0.25) is 0 Å². The number of alkyl halides is 3. The number of hydrogen-bond donors (Lipinski definition) is 0. The largest absolute Gasteiger partial charge is 0.417 e. The van der Waals surface area contributed by atoms with Crippen LogP contribution < -0.4 is 0 Å². The summed E-state index contributed by atoms with van der Waals surface area (Å²) in [7, 11) is 0. The van der Waals surface area contributed by atoms with Gasteiger partial charge < -0.3 is 4.90 Å². The lowest BCUT2D eigenvalue weighted by atomic mass is 10.1. The van der Waals surface area contributed by atoms with Crippen molar-refractivity contribution in [2.75, 3.05) is 6.54 Å². The smallest absolute Gasteiger partial charge is 0.339 e. The molecule has 1 aromatic carbocycles. The van der Waals surface area contributed by atoms with E-state index in [-0.39, 0.29) is 11.2 Å². The number of likely N-dealkylation sites (tertiary alicyclic amines) is 1. The zero-order chi connectivity index (χ0) is 15.9. The summed E-state index contributed by atoms with van der Waals surface area (Å²) in [6, 6.07) is 5.51. The normalized spacial score (nSPS) is 22.0. The van der Waals surface area contributed by atoms with Gasteiger partial charge in [0.15, 0.2) is 0 Å². The summed E-state index contributed by atoms with van der Waals surface area (Å²) < 4.78 is 38.8. The van der Waals surface area contributed by atoms with Crippen molar-refractivity contribution >= 4 is 17.7 Å². The number of carbonyl (C=O) groups is 1. The molecule has 2 aliphatic rings. The van der Waals surface area contributed by atoms with Gasteiger partial charge >= 0.3 is 6.18 Å². The SMILES string of the molecule is N#Cc1ccc(S[C@H]2CCN(C3CC3)C2=O)cc1C(F)(F)F. The Balaban J connectivity index is 1.78. The van der Waals surface area contributed by atoms with Crippen molar-refractivity contribution in [2.24, 2.45) is 0 Å². The molecule has 0 radical (unpaired) electrons. The van der Waals surface area contributed by atoms with Gasteiger partial charge in [0.25, 0.3) is 0 Å². The van der Waals surface area contributed by atoms with Crippen LogP contribution in [-0.2, 0) is 11.0 Å². The van der Waals surface area contributed by atoms with Gasteiger partial charge in [-0.2, -0.15) is 18.4 Å². The topological polar surface area (TPSA) is 44.1 Å². The molecule has 1 saturated carbocycles. The Morgan fingerprint density at radius 1 is 1.27 bits per heavy atom. The predicted octanol–water partition coefficient (Wildman–Crippen LogP) is 3.43. The molecule has 1 amide bonds. The van der Waals surface area contributed by atoms with Crippen molar-refractivity contribution < 1.29 is 18.0 Å². The van der Waals surface area contributed by atoms with Crippen LogP contribution >= 0.6 is 11.8 Å². The van der Waals surface area contributed by atoms with E-state index in [4.69, 9.17) is 5.26 Å². The zero-order valence-corrected chi connectivity index (χ0v) is 12.4. The number of carbonyl (C=O) groups excluding carboxylic acids is 1. The Morgan fingerprint density at radius 3 is 2.59 bits per heavy atom. The van der Waals surface area contributed by atoms with Crippen molar-refractivity contribution in [3.05, 3.63) is 29.3 Å². The fraction of sp³-hybridized carbons (Fsp3) is 0.467. The molecular weight excluding hydrogens is 313 g/mol. The number of benzene rings is 1. The van der Waals surface area contributed by atoms with Gasteiger partial charge in [0, 0.05) is 17.5 Å². The molecule has 2 fully saturated rings. The molecule has 1 aliphatic carbocycles. The van der Waals surface area contributed by atoms with Gasteiger partial charge in [0.1, 0.15) is 0 Å². The van der Waals surface area contributed by atoms with E-state index in [1.165, 1.54) is 12.1 Å². The molecule has 1 aliphatic heterocycles. The maximum atomic E-state index is 12.9. The van der Waals surface area contributed by atoms with Crippen LogP contribution in [0.5, 0.6) is 0 Å². The first-order valence-corrected chi connectivity index (χ1v) is 7.86. The molecule has 7 heteroatoms. The lowest BCUT2D eigenvalue weighted by Gasteiger charge is -2.16. The third-order valence-electron chi connectivity index (χ3n) is 3.87. The molecule has 3 nitrogen and oxygen atoms in total. The van der Waals surface area contributed by atoms with Gasteiger partial charge in [-0.05, 0) is 37.5 Å². The maximum Gasteiger partial charge on any atom is 0.417 e. The number of nitrogens with zero attached hydrogens (tertiary/aromatic N) is 2. The summed E-state index contributed by atoms with van der Waals surface area (Å²) in [5.74, 6) is 0.0189. The minimum Gasteiger partial charge on any atom is -0.339 e. The Bertz CT molecular complexity index is 649. The van der Waals surface area contributed by atoms with E-state index in [9.17, 15) is 18.0 Å². The number of amides is 1. The third kappa shape index (κ3) is 2.93. The van der Waals surface area contributed by atoms with E-state index in [1.807, 2.05) is 4.90 Å². The van der Waals surface area contributed by atoms with Crippen LogP contribution in [0.1, 0.15) is 30.4 Å². The fourth-order valence-electron chi connectivity index (χ4n) is 2.63. The summed E-state index contributed by atoms with van der Waals surface area (Å²) >= 11 is 1.16. The number of rotatable bonds is 3. The van der Waals surface area contributed by atoms with E-state index in [2.05, 4.69) is 0 Å². The first-order valence-electron chi connectivity index (χ1n) is 6.98. The lowest BCUT2D eigenvalue weighted by molar-refractivity contribution is -0.138. The van der Waals surface area contributed by atoms with Crippen molar-refractivity contribution in [3.63, 3.8) is 0 Å². The zero-order valence-electron chi connectivity index (χ0n) is 11.6. The maximum absolute atomic E-state index is 12.9. The molecule has 3 rings (SSSR count). The highest BCUT2D eigenvalue weighted by Crippen LogP contribution is 2.39. The Labute approximate surface area is 130 Å². The summed E-state index contributed by atoms with van der Waals surface area (Å²) in [5.41, 5.74) is -1.33. The van der Waals surface area contributed by atoms with Crippen molar-refractivity contribution in [1.82, 2.24) is 4.90 Å². The van der Waals surface area contributed by atoms with Gasteiger partial charge in [0.05, 0.1) is 22.4 Å². The van der Waals surface area contributed by atoms with Crippen LogP contribution in [0.25, 0.3) is 0 Å². The summed E-state index contributed by atoms with van der Waals surface area (Å²) in [5, 5.41) is 8.46. The number of hydrogen-bond acceptors (Lipinski definition) is 3. The number of thioether (sulfide) groups is 1. The molecule has 1 saturated heterocycles. The summed E-state index contributed by atoms with van der Waals surface area (Å²) in [4.78, 5) is 14.4. The second-order valence-corrected chi connectivity index (χ2v) is 6.75. The van der Waals surface area contributed by atoms with Crippen LogP contribution in [0, 0.1) is 11.3 Å². The predicted molar refractivity (Wildman–Crippen MR) is 75.2 cm³/mol. The molecule has 0 aromatic heterocycles. The third-order valence-corrected chi connectivity index (χ3v) is 5.12. The quantitative estimate of drug-likeness (QED) is 0.855. The van der Waals surface area contributed by atoms with Crippen molar-refractivity contribution in [2.45, 2.75) is 41.6 Å². The highest BCUT2D eigenvalue weighted by atomic mass is 32.2. The van der Waals surface area contributed by atoms with Gasteiger partial charge in [-0.15, -0.1) is 11.8 Å². The monoisotopic (exact) mass is 326 g/mol.